The van der Waals surface area contributed by atoms with Crippen molar-refractivity contribution in [3.63, 3.8) is 0 Å². The summed E-state index contributed by atoms with van der Waals surface area (Å²) in [7, 11) is 0. The molecule has 0 saturated heterocycles. The molecule has 0 bridgehead atoms. The van der Waals surface area contributed by atoms with E-state index in [1.54, 1.807) is 18.3 Å². The molecule has 0 unspecified atom stereocenters. The lowest BCUT2D eigenvalue weighted by Gasteiger charge is -2.09. The molecule has 0 aliphatic rings. The maximum Gasteiger partial charge on any atom is 0.164 e. The second-order valence-electron chi connectivity index (χ2n) is 3.91. The SMILES string of the molecule is CCOc1ccc(C(=O)CCN)c2cccnc12. The summed E-state index contributed by atoms with van der Waals surface area (Å²) in [5, 5.41) is 0.821. The van der Waals surface area contributed by atoms with Gasteiger partial charge in [-0.2, -0.15) is 0 Å². The predicted molar refractivity (Wildman–Crippen MR) is 70.9 cm³/mol. The number of fused-ring (bicyclic) bond motifs is 1. The molecule has 1 aromatic heterocycles. The minimum Gasteiger partial charge on any atom is -0.492 e. The molecule has 1 aromatic carbocycles. The highest BCUT2D eigenvalue weighted by Gasteiger charge is 2.12. The summed E-state index contributed by atoms with van der Waals surface area (Å²) in [5.41, 5.74) is 6.81. The van der Waals surface area contributed by atoms with Crippen molar-refractivity contribution >= 4 is 16.7 Å². The number of aromatic nitrogens is 1. The van der Waals surface area contributed by atoms with Gasteiger partial charge in [0.15, 0.2) is 5.78 Å². The van der Waals surface area contributed by atoms with Gasteiger partial charge in [0.1, 0.15) is 11.3 Å². The maximum absolute atomic E-state index is 12.0. The van der Waals surface area contributed by atoms with Crippen LogP contribution in [0.15, 0.2) is 30.5 Å². The van der Waals surface area contributed by atoms with Gasteiger partial charge in [0.25, 0.3) is 0 Å². The molecule has 0 aliphatic heterocycles. The van der Waals surface area contributed by atoms with Crippen molar-refractivity contribution in [1.29, 1.82) is 0 Å². The second-order valence-corrected chi connectivity index (χ2v) is 3.91. The van der Waals surface area contributed by atoms with Crippen LogP contribution < -0.4 is 10.5 Å². The number of hydrogen-bond donors (Lipinski definition) is 1. The molecule has 2 rings (SSSR count). The van der Waals surface area contributed by atoms with E-state index in [0.29, 0.717) is 30.9 Å². The number of rotatable bonds is 5. The van der Waals surface area contributed by atoms with Gasteiger partial charge < -0.3 is 10.5 Å². The van der Waals surface area contributed by atoms with Crippen LogP contribution in [0.5, 0.6) is 5.75 Å². The minimum absolute atomic E-state index is 0.0403. The Morgan fingerprint density at radius 1 is 1.39 bits per heavy atom. The smallest absolute Gasteiger partial charge is 0.164 e. The molecule has 1 heterocycles. The van der Waals surface area contributed by atoms with Gasteiger partial charge in [-0.1, -0.05) is 6.07 Å². The number of hydrogen-bond acceptors (Lipinski definition) is 4. The quantitative estimate of drug-likeness (QED) is 0.818. The van der Waals surface area contributed by atoms with Crippen LogP contribution in [0.2, 0.25) is 0 Å². The fraction of sp³-hybridized carbons (Fsp3) is 0.286. The number of pyridine rings is 1. The average Bonchev–Trinajstić information content (AvgIpc) is 2.39. The Morgan fingerprint density at radius 2 is 2.22 bits per heavy atom. The van der Waals surface area contributed by atoms with Gasteiger partial charge in [-0.15, -0.1) is 0 Å². The van der Waals surface area contributed by atoms with E-state index in [2.05, 4.69) is 4.98 Å². The molecule has 0 aliphatic carbocycles. The summed E-state index contributed by atoms with van der Waals surface area (Å²) >= 11 is 0. The molecule has 2 aromatic rings. The number of carbonyl (C=O) groups excluding carboxylic acids is 1. The molecule has 2 N–H and O–H groups in total. The fourth-order valence-electron chi connectivity index (χ4n) is 1.93. The largest absolute Gasteiger partial charge is 0.492 e. The highest BCUT2D eigenvalue weighted by molar-refractivity contribution is 6.08. The van der Waals surface area contributed by atoms with E-state index in [4.69, 9.17) is 10.5 Å². The molecule has 0 fully saturated rings. The average molecular weight is 244 g/mol. The highest BCUT2D eigenvalue weighted by Crippen LogP contribution is 2.27. The summed E-state index contributed by atoms with van der Waals surface area (Å²) < 4.78 is 5.52. The van der Waals surface area contributed by atoms with Crippen LogP contribution in [0.3, 0.4) is 0 Å². The van der Waals surface area contributed by atoms with E-state index < -0.39 is 0 Å². The van der Waals surface area contributed by atoms with Crippen LogP contribution >= 0.6 is 0 Å². The van der Waals surface area contributed by atoms with Crippen LogP contribution in [0.4, 0.5) is 0 Å². The van der Waals surface area contributed by atoms with E-state index in [1.807, 2.05) is 19.1 Å². The van der Waals surface area contributed by atoms with Crippen molar-refractivity contribution in [2.24, 2.45) is 5.73 Å². The van der Waals surface area contributed by atoms with Crippen LogP contribution in [-0.2, 0) is 0 Å². The second kappa shape index (κ2) is 5.60. The summed E-state index contributed by atoms with van der Waals surface area (Å²) in [4.78, 5) is 16.3. The Hall–Kier alpha value is -1.94. The highest BCUT2D eigenvalue weighted by atomic mass is 16.5. The van der Waals surface area contributed by atoms with Crippen molar-refractivity contribution in [2.75, 3.05) is 13.2 Å². The van der Waals surface area contributed by atoms with Gasteiger partial charge in [0.05, 0.1) is 6.61 Å². The number of nitrogens with two attached hydrogens (primary N) is 1. The van der Waals surface area contributed by atoms with E-state index >= 15 is 0 Å². The first-order valence-corrected chi connectivity index (χ1v) is 6.01. The van der Waals surface area contributed by atoms with Crippen molar-refractivity contribution in [3.05, 3.63) is 36.0 Å². The number of carbonyl (C=O) groups is 1. The van der Waals surface area contributed by atoms with E-state index in [1.165, 1.54) is 0 Å². The first kappa shape index (κ1) is 12.5. The Kier molecular flexibility index (Phi) is 3.89. The third kappa shape index (κ3) is 2.33. The lowest BCUT2D eigenvalue weighted by Crippen LogP contribution is -2.09. The number of ketones is 1. The van der Waals surface area contributed by atoms with Crippen LogP contribution in [0.25, 0.3) is 10.9 Å². The minimum atomic E-state index is 0.0403. The van der Waals surface area contributed by atoms with Crippen molar-refractivity contribution in [1.82, 2.24) is 4.98 Å². The van der Waals surface area contributed by atoms with Crippen molar-refractivity contribution in [3.8, 4) is 5.75 Å². The molecule has 0 amide bonds. The zero-order valence-electron chi connectivity index (χ0n) is 10.3. The third-order valence-electron chi connectivity index (χ3n) is 2.70. The normalized spacial score (nSPS) is 10.6. The fourth-order valence-corrected chi connectivity index (χ4v) is 1.93. The monoisotopic (exact) mass is 244 g/mol. The number of Topliss-reactive ketones (excluding diaryl/α,β-unsaturated/α-hetero) is 1. The molecular weight excluding hydrogens is 228 g/mol. The third-order valence-corrected chi connectivity index (χ3v) is 2.70. The number of ether oxygens (including phenoxy) is 1. The molecule has 94 valence electrons. The first-order valence-electron chi connectivity index (χ1n) is 6.01. The molecule has 4 nitrogen and oxygen atoms in total. The molecule has 18 heavy (non-hydrogen) atoms. The summed E-state index contributed by atoms with van der Waals surface area (Å²) in [6.45, 7) is 2.85. The van der Waals surface area contributed by atoms with Crippen LogP contribution in [-0.4, -0.2) is 23.9 Å². The van der Waals surface area contributed by atoms with Crippen molar-refractivity contribution < 1.29 is 9.53 Å². The molecule has 0 saturated carbocycles. The summed E-state index contributed by atoms with van der Waals surface area (Å²) in [5.74, 6) is 0.746. The maximum atomic E-state index is 12.0. The van der Waals surface area contributed by atoms with Gasteiger partial charge in [-0.25, -0.2) is 0 Å². The zero-order valence-corrected chi connectivity index (χ0v) is 10.3. The topological polar surface area (TPSA) is 65.2 Å². The molecule has 0 spiro atoms. The Morgan fingerprint density at radius 3 is 2.94 bits per heavy atom. The first-order chi connectivity index (χ1) is 8.77. The van der Waals surface area contributed by atoms with E-state index in [-0.39, 0.29) is 5.78 Å². The van der Waals surface area contributed by atoms with Crippen LogP contribution in [0, 0.1) is 0 Å². The van der Waals surface area contributed by atoms with Crippen molar-refractivity contribution in [2.45, 2.75) is 13.3 Å². The van der Waals surface area contributed by atoms with E-state index in [9.17, 15) is 4.79 Å². The van der Waals surface area contributed by atoms with Gasteiger partial charge in [-0.05, 0) is 31.7 Å². The number of benzene rings is 1. The van der Waals surface area contributed by atoms with Gasteiger partial charge >= 0.3 is 0 Å². The lowest BCUT2D eigenvalue weighted by atomic mass is 10.0. The lowest BCUT2D eigenvalue weighted by molar-refractivity contribution is 0.0987. The Labute approximate surface area is 106 Å². The molecule has 0 atom stereocenters. The van der Waals surface area contributed by atoms with Gasteiger partial charge in [0, 0.05) is 23.6 Å². The van der Waals surface area contributed by atoms with E-state index in [0.717, 1.165) is 10.9 Å². The van der Waals surface area contributed by atoms with Crippen LogP contribution in [0.1, 0.15) is 23.7 Å². The van der Waals surface area contributed by atoms with Gasteiger partial charge in [0.2, 0.25) is 0 Å². The molecular formula is C14H16N2O2. The Balaban J connectivity index is 2.57. The summed E-state index contributed by atoms with van der Waals surface area (Å²) in [6.07, 6.45) is 2.04. The zero-order chi connectivity index (χ0) is 13.0. The van der Waals surface area contributed by atoms with Gasteiger partial charge in [-0.3, -0.25) is 9.78 Å². The molecule has 0 radical (unpaired) electrons. The Bertz CT molecular complexity index is 567. The summed E-state index contributed by atoms with van der Waals surface area (Å²) in [6, 6.07) is 7.28. The molecule has 4 heteroatoms. The predicted octanol–water partition coefficient (Wildman–Crippen LogP) is 2.17. The number of nitrogens with zero attached hydrogens (tertiary/aromatic N) is 1. The standard InChI is InChI=1S/C14H16N2O2/c1-2-18-13-6-5-10(12(17)7-8-15)11-4-3-9-16-14(11)13/h3-6,9H,2,7-8,15H2,1H3.